The van der Waals surface area contributed by atoms with Crippen LogP contribution in [0.4, 0.5) is 4.39 Å². The van der Waals surface area contributed by atoms with Crippen molar-refractivity contribution < 1.29 is 23.8 Å². The van der Waals surface area contributed by atoms with E-state index in [9.17, 15) is 14.0 Å². The molecule has 2 rings (SSSR count). The van der Waals surface area contributed by atoms with Crippen LogP contribution in [0.3, 0.4) is 0 Å². The Morgan fingerprint density at radius 1 is 1.25 bits per heavy atom. The third kappa shape index (κ3) is 3.20. The predicted molar refractivity (Wildman–Crippen MR) is 69.5 cm³/mol. The molecule has 0 fully saturated rings. The van der Waals surface area contributed by atoms with E-state index in [4.69, 9.17) is 9.84 Å². The van der Waals surface area contributed by atoms with Crippen LogP contribution in [-0.2, 0) is 6.61 Å². The van der Waals surface area contributed by atoms with Gasteiger partial charge in [0, 0.05) is 11.1 Å². The van der Waals surface area contributed by atoms with E-state index in [0.717, 1.165) is 6.07 Å². The molecule has 0 aromatic heterocycles. The van der Waals surface area contributed by atoms with E-state index < -0.39 is 11.8 Å². The summed E-state index contributed by atoms with van der Waals surface area (Å²) in [6.07, 6.45) is 0.679. The van der Waals surface area contributed by atoms with Gasteiger partial charge in [-0.15, -0.1) is 0 Å². The Morgan fingerprint density at radius 2 is 2.05 bits per heavy atom. The van der Waals surface area contributed by atoms with Crippen molar-refractivity contribution in [2.45, 2.75) is 6.61 Å². The highest BCUT2D eigenvalue weighted by atomic mass is 19.1. The van der Waals surface area contributed by atoms with Crippen molar-refractivity contribution in [1.29, 1.82) is 0 Å². The van der Waals surface area contributed by atoms with E-state index in [2.05, 4.69) is 0 Å². The van der Waals surface area contributed by atoms with E-state index in [1.165, 1.54) is 18.2 Å². The molecule has 20 heavy (non-hydrogen) atoms. The summed E-state index contributed by atoms with van der Waals surface area (Å²) in [5, 5.41) is 8.85. The van der Waals surface area contributed by atoms with E-state index >= 15 is 0 Å². The lowest BCUT2D eigenvalue weighted by Crippen LogP contribution is -2.03. The van der Waals surface area contributed by atoms with Gasteiger partial charge in [-0.3, -0.25) is 4.79 Å². The zero-order valence-electron chi connectivity index (χ0n) is 10.4. The number of benzene rings is 2. The molecule has 0 saturated carbocycles. The average molecular weight is 274 g/mol. The van der Waals surface area contributed by atoms with Crippen molar-refractivity contribution in [3.63, 3.8) is 0 Å². The van der Waals surface area contributed by atoms with Gasteiger partial charge in [-0.2, -0.15) is 0 Å². The molecule has 0 bridgehead atoms. The molecular formula is C15H11FO4. The fourth-order valence-corrected chi connectivity index (χ4v) is 1.66. The number of carbonyl (C=O) groups excluding carboxylic acids is 1. The molecule has 1 N–H and O–H groups in total. The van der Waals surface area contributed by atoms with Gasteiger partial charge in [0.05, 0.1) is 5.56 Å². The molecule has 4 nitrogen and oxygen atoms in total. The lowest BCUT2D eigenvalue weighted by Gasteiger charge is -2.08. The van der Waals surface area contributed by atoms with Crippen LogP contribution < -0.4 is 4.74 Å². The molecular weight excluding hydrogens is 263 g/mol. The van der Waals surface area contributed by atoms with Crippen LogP contribution in [0, 0.1) is 5.82 Å². The Kier molecular flexibility index (Phi) is 4.10. The van der Waals surface area contributed by atoms with Gasteiger partial charge in [-0.05, 0) is 30.3 Å². The summed E-state index contributed by atoms with van der Waals surface area (Å²) in [6, 6.07) is 9.91. The van der Waals surface area contributed by atoms with Crippen LogP contribution in [0.5, 0.6) is 5.75 Å². The van der Waals surface area contributed by atoms with Gasteiger partial charge in [-0.1, -0.05) is 12.1 Å². The number of carbonyl (C=O) groups is 2. The Labute approximate surface area is 114 Å². The number of aromatic carboxylic acids is 1. The maximum Gasteiger partial charge on any atom is 0.335 e. The summed E-state index contributed by atoms with van der Waals surface area (Å²) in [5.41, 5.74) is 0.579. The molecule has 5 heteroatoms. The second-order valence-corrected chi connectivity index (χ2v) is 4.09. The van der Waals surface area contributed by atoms with Crippen molar-refractivity contribution >= 4 is 12.3 Å². The van der Waals surface area contributed by atoms with E-state index in [1.54, 1.807) is 18.2 Å². The van der Waals surface area contributed by atoms with Crippen LogP contribution >= 0.6 is 0 Å². The number of halogens is 1. The quantitative estimate of drug-likeness (QED) is 0.851. The molecule has 0 atom stereocenters. The Balaban J connectivity index is 2.15. The zero-order chi connectivity index (χ0) is 14.5. The highest BCUT2D eigenvalue weighted by Crippen LogP contribution is 2.17. The minimum absolute atomic E-state index is 0.00774. The minimum Gasteiger partial charge on any atom is -0.489 e. The molecule has 0 unspecified atom stereocenters. The number of hydrogen-bond donors (Lipinski definition) is 1. The molecule has 102 valence electrons. The molecule has 0 aliphatic rings. The van der Waals surface area contributed by atoms with Crippen molar-refractivity contribution in [2.24, 2.45) is 0 Å². The highest BCUT2D eigenvalue weighted by molar-refractivity contribution is 5.87. The lowest BCUT2D eigenvalue weighted by atomic mass is 10.1. The molecule has 2 aromatic rings. The molecule has 0 saturated heterocycles. The van der Waals surface area contributed by atoms with E-state index in [0.29, 0.717) is 17.6 Å². The average Bonchev–Trinajstić information content (AvgIpc) is 2.46. The summed E-state index contributed by atoms with van der Waals surface area (Å²) in [7, 11) is 0. The lowest BCUT2D eigenvalue weighted by molar-refractivity contribution is 0.0696. The Bertz CT molecular complexity index is 652. The number of carboxylic acid groups (broad SMARTS) is 1. The summed E-state index contributed by atoms with van der Waals surface area (Å²) in [4.78, 5) is 21.4. The topological polar surface area (TPSA) is 63.6 Å². The number of aldehydes is 1. The van der Waals surface area contributed by atoms with Gasteiger partial charge in [0.2, 0.25) is 0 Å². The van der Waals surface area contributed by atoms with E-state index in [-0.39, 0.29) is 17.7 Å². The first-order valence-corrected chi connectivity index (χ1v) is 5.80. The van der Waals surface area contributed by atoms with Crippen LogP contribution in [0.1, 0.15) is 26.3 Å². The highest BCUT2D eigenvalue weighted by Gasteiger charge is 2.09. The summed E-state index contributed by atoms with van der Waals surface area (Å²) < 4.78 is 18.9. The van der Waals surface area contributed by atoms with Gasteiger partial charge in [0.25, 0.3) is 0 Å². The van der Waals surface area contributed by atoms with Crippen LogP contribution in [-0.4, -0.2) is 17.4 Å². The number of carboxylic acids is 1. The Hall–Kier alpha value is -2.69. The van der Waals surface area contributed by atoms with Crippen molar-refractivity contribution in [3.05, 3.63) is 65.0 Å². The second-order valence-electron chi connectivity index (χ2n) is 4.09. The number of hydrogen-bond acceptors (Lipinski definition) is 3. The standard InChI is InChI=1S/C15H11FO4/c16-14-5-4-11(15(18)19)7-12(14)9-20-13-3-1-2-10(6-13)8-17/h1-8H,9H2,(H,18,19). The Morgan fingerprint density at radius 3 is 2.75 bits per heavy atom. The predicted octanol–water partition coefficient (Wildman–Crippen LogP) is 2.92. The monoisotopic (exact) mass is 274 g/mol. The fourth-order valence-electron chi connectivity index (χ4n) is 1.66. The molecule has 0 radical (unpaired) electrons. The van der Waals surface area contributed by atoms with Gasteiger partial charge in [-0.25, -0.2) is 9.18 Å². The van der Waals surface area contributed by atoms with Crippen LogP contribution in [0.25, 0.3) is 0 Å². The zero-order valence-corrected chi connectivity index (χ0v) is 10.4. The van der Waals surface area contributed by atoms with Gasteiger partial charge in [0.1, 0.15) is 24.5 Å². The molecule has 0 heterocycles. The first-order valence-electron chi connectivity index (χ1n) is 5.80. The molecule has 0 aliphatic heterocycles. The van der Waals surface area contributed by atoms with Crippen molar-refractivity contribution in [3.8, 4) is 5.75 Å². The molecule has 2 aromatic carbocycles. The minimum atomic E-state index is -1.13. The maximum absolute atomic E-state index is 13.6. The van der Waals surface area contributed by atoms with Gasteiger partial charge < -0.3 is 9.84 Å². The third-order valence-corrected chi connectivity index (χ3v) is 2.68. The second kappa shape index (κ2) is 5.97. The first kappa shape index (κ1) is 13.7. The number of rotatable bonds is 5. The first-order chi connectivity index (χ1) is 9.60. The number of ether oxygens (including phenoxy) is 1. The van der Waals surface area contributed by atoms with Crippen LogP contribution in [0.15, 0.2) is 42.5 Å². The summed E-state index contributed by atoms with van der Waals surface area (Å²) in [5.74, 6) is -1.26. The van der Waals surface area contributed by atoms with Crippen molar-refractivity contribution in [1.82, 2.24) is 0 Å². The van der Waals surface area contributed by atoms with Gasteiger partial charge in [0.15, 0.2) is 0 Å². The molecule has 0 spiro atoms. The summed E-state index contributed by atoms with van der Waals surface area (Å²) in [6.45, 7) is -0.116. The molecule has 0 aliphatic carbocycles. The largest absolute Gasteiger partial charge is 0.489 e. The van der Waals surface area contributed by atoms with Crippen LogP contribution in [0.2, 0.25) is 0 Å². The fraction of sp³-hybridized carbons (Fsp3) is 0.0667. The molecule has 0 amide bonds. The smallest absolute Gasteiger partial charge is 0.335 e. The SMILES string of the molecule is O=Cc1cccc(OCc2cc(C(=O)O)ccc2F)c1. The van der Waals surface area contributed by atoms with Crippen molar-refractivity contribution in [2.75, 3.05) is 0 Å². The maximum atomic E-state index is 13.6. The normalized spacial score (nSPS) is 10.1. The third-order valence-electron chi connectivity index (χ3n) is 2.68. The van der Waals surface area contributed by atoms with Gasteiger partial charge >= 0.3 is 5.97 Å². The van der Waals surface area contributed by atoms with E-state index in [1.807, 2.05) is 0 Å². The summed E-state index contributed by atoms with van der Waals surface area (Å²) >= 11 is 0.